The van der Waals surface area contributed by atoms with Gasteiger partial charge in [-0.05, 0) is 0 Å². The zero-order chi connectivity index (χ0) is 10.3. The maximum Gasteiger partial charge on any atom is 0.267 e. The molecule has 0 saturated heterocycles. The molecule has 0 atom stereocenters. The van der Waals surface area contributed by atoms with Crippen molar-refractivity contribution in [2.75, 3.05) is 0 Å². The van der Waals surface area contributed by atoms with Crippen molar-refractivity contribution in [1.82, 2.24) is 10.2 Å². The van der Waals surface area contributed by atoms with Gasteiger partial charge in [0.05, 0.1) is 0 Å². The predicted molar refractivity (Wildman–Crippen MR) is 42.7 cm³/mol. The molecule has 0 spiro atoms. The zero-order valence-corrected chi connectivity index (χ0v) is 8.36. The highest BCUT2D eigenvalue weighted by molar-refractivity contribution is 7.93. The first-order chi connectivity index (χ1) is 5.71. The van der Waals surface area contributed by atoms with Crippen LogP contribution >= 0.6 is 11.3 Å². The van der Waals surface area contributed by atoms with Gasteiger partial charge in [-0.3, -0.25) is 0 Å². The van der Waals surface area contributed by atoms with Gasteiger partial charge in [-0.1, -0.05) is 11.3 Å². The van der Waals surface area contributed by atoms with Crippen molar-refractivity contribution < 1.29 is 16.8 Å². The molecule has 11 heteroatoms. The Hall–Kier alpha value is -0.620. The largest absolute Gasteiger partial charge is 0.267 e. The van der Waals surface area contributed by atoms with E-state index in [0.29, 0.717) is 11.3 Å². The lowest BCUT2D eigenvalue weighted by atomic mass is 11.6. The Labute approximate surface area is 77.7 Å². The van der Waals surface area contributed by atoms with Crippen molar-refractivity contribution in [3.63, 3.8) is 0 Å². The highest BCUT2D eigenvalue weighted by Gasteiger charge is 2.20. The summed E-state index contributed by atoms with van der Waals surface area (Å²) in [5.41, 5.74) is 0. The first-order valence-corrected chi connectivity index (χ1v) is 6.51. The molecule has 0 bridgehead atoms. The number of sulfonamides is 2. The number of hydrogen-bond donors (Lipinski definition) is 2. The lowest BCUT2D eigenvalue weighted by molar-refractivity contribution is 0.591. The van der Waals surface area contributed by atoms with Gasteiger partial charge in [-0.25, -0.2) is 27.1 Å². The predicted octanol–water partition coefficient (Wildman–Crippen LogP) is -2.17. The summed E-state index contributed by atoms with van der Waals surface area (Å²) in [7, 11) is -8.03. The Balaban J connectivity index is 3.32. The minimum absolute atomic E-state index is 0.299. The highest BCUT2D eigenvalue weighted by atomic mass is 32.3. The van der Waals surface area contributed by atoms with Gasteiger partial charge < -0.3 is 0 Å². The first-order valence-electron chi connectivity index (χ1n) is 2.60. The normalized spacial score (nSPS) is 13.1. The number of nitrogens with zero attached hydrogens (tertiary/aromatic N) is 2. The second-order valence-corrected chi connectivity index (χ2v) is 6.37. The van der Waals surface area contributed by atoms with Crippen LogP contribution in [0.4, 0.5) is 0 Å². The molecule has 13 heavy (non-hydrogen) atoms. The van der Waals surface area contributed by atoms with Crippen LogP contribution < -0.4 is 10.3 Å². The number of primary sulfonamides is 2. The molecule has 74 valence electrons. The fourth-order valence-corrected chi connectivity index (χ4v) is 2.61. The molecule has 0 aromatic carbocycles. The fourth-order valence-electron chi connectivity index (χ4n) is 0.427. The number of aromatic nitrogens is 2. The summed E-state index contributed by atoms with van der Waals surface area (Å²) >= 11 is 0.299. The summed E-state index contributed by atoms with van der Waals surface area (Å²) in [4.78, 5) is 0. The Morgan fingerprint density at radius 2 is 1.23 bits per heavy atom. The van der Waals surface area contributed by atoms with Crippen molar-refractivity contribution in [3.8, 4) is 0 Å². The van der Waals surface area contributed by atoms with Gasteiger partial charge in [0.2, 0.25) is 8.68 Å². The van der Waals surface area contributed by atoms with Crippen molar-refractivity contribution in [3.05, 3.63) is 0 Å². The van der Waals surface area contributed by atoms with E-state index in [1.54, 1.807) is 0 Å². The number of nitrogens with two attached hydrogens (primary N) is 2. The third-order valence-electron chi connectivity index (χ3n) is 0.875. The third-order valence-corrected chi connectivity index (χ3v) is 4.42. The topological polar surface area (TPSA) is 146 Å². The Morgan fingerprint density at radius 3 is 1.38 bits per heavy atom. The van der Waals surface area contributed by atoms with Crippen LogP contribution in [-0.4, -0.2) is 27.0 Å². The van der Waals surface area contributed by atoms with Crippen LogP contribution in [0.15, 0.2) is 8.68 Å². The maximum atomic E-state index is 10.6. The first kappa shape index (κ1) is 10.5. The lowest BCUT2D eigenvalue weighted by Gasteiger charge is -1.86. The molecule has 0 saturated carbocycles. The summed E-state index contributed by atoms with van der Waals surface area (Å²) in [6.07, 6.45) is 0. The van der Waals surface area contributed by atoms with Crippen molar-refractivity contribution in [2.24, 2.45) is 10.3 Å². The zero-order valence-electron chi connectivity index (χ0n) is 5.91. The molecule has 1 aromatic heterocycles. The van der Waals surface area contributed by atoms with E-state index in [1.165, 1.54) is 0 Å². The van der Waals surface area contributed by atoms with E-state index < -0.39 is 28.7 Å². The minimum atomic E-state index is -4.02. The maximum absolute atomic E-state index is 10.6. The standard InChI is InChI=1S/C2H4N4O4S3/c3-12(7,8)1-5-6-2(11-1)13(4,9)10/h(H2,3,7,8)(H2,4,9,10). The molecule has 1 heterocycles. The molecule has 1 aromatic rings. The monoisotopic (exact) mass is 244 g/mol. The van der Waals surface area contributed by atoms with E-state index in [4.69, 9.17) is 0 Å². The van der Waals surface area contributed by atoms with Crippen LogP contribution in [-0.2, 0) is 20.0 Å². The molecule has 8 nitrogen and oxygen atoms in total. The summed E-state index contributed by atoms with van der Waals surface area (Å²) in [6, 6.07) is 0. The number of rotatable bonds is 2. The third kappa shape index (κ3) is 2.41. The van der Waals surface area contributed by atoms with Crippen LogP contribution in [0.25, 0.3) is 0 Å². The molecule has 0 aliphatic carbocycles. The van der Waals surface area contributed by atoms with E-state index in [-0.39, 0.29) is 0 Å². The van der Waals surface area contributed by atoms with Gasteiger partial charge in [0.15, 0.2) is 0 Å². The van der Waals surface area contributed by atoms with Crippen LogP contribution in [0.3, 0.4) is 0 Å². The Morgan fingerprint density at radius 1 is 0.923 bits per heavy atom. The van der Waals surface area contributed by atoms with E-state index in [9.17, 15) is 16.8 Å². The second kappa shape index (κ2) is 2.95. The highest BCUT2D eigenvalue weighted by Crippen LogP contribution is 2.16. The van der Waals surface area contributed by atoms with E-state index >= 15 is 0 Å². The average molecular weight is 244 g/mol. The molecule has 0 unspecified atom stereocenters. The lowest BCUT2D eigenvalue weighted by Crippen LogP contribution is -2.11. The molecule has 0 radical (unpaired) electrons. The molecule has 4 N–H and O–H groups in total. The van der Waals surface area contributed by atoms with Gasteiger partial charge in [-0.2, -0.15) is 0 Å². The molecule has 0 aliphatic heterocycles. The molecule has 0 fully saturated rings. The summed E-state index contributed by atoms with van der Waals surface area (Å²) < 4.78 is 41.3. The van der Waals surface area contributed by atoms with E-state index in [0.717, 1.165) is 0 Å². The summed E-state index contributed by atoms with van der Waals surface area (Å²) in [5, 5.41) is 15.4. The van der Waals surface area contributed by atoms with Crippen molar-refractivity contribution >= 4 is 31.4 Å². The molecule has 0 aliphatic rings. The SMILES string of the molecule is NS(=O)(=O)c1nnc(S(N)(=O)=O)s1. The van der Waals surface area contributed by atoms with E-state index in [1.807, 2.05) is 0 Å². The van der Waals surface area contributed by atoms with Gasteiger partial charge in [0.1, 0.15) is 0 Å². The minimum Gasteiger partial charge on any atom is -0.223 e. The summed E-state index contributed by atoms with van der Waals surface area (Å²) in [5.74, 6) is 0. The number of hydrogen-bond acceptors (Lipinski definition) is 7. The quantitative estimate of drug-likeness (QED) is 0.605. The van der Waals surface area contributed by atoms with Crippen LogP contribution in [0, 0.1) is 0 Å². The van der Waals surface area contributed by atoms with Gasteiger partial charge in [0.25, 0.3) is 20.0 Å². The smallest absolute Gasteiger partial charge is 0.223 e. The molecular formula is C2H4N4O4S3. The molecule has 1 rings (SSSR count). The van der Waals surface area contributed by atoms with Crippen molar-refractivity contribution in [2.45, 2.75) is 8.68 Å². The molecular weight excluding hydrogens is 240 g/mol. The van der Waals surface area contributed by atoms with Crippen LogP contribution in [0.1, 0.15) is 0 Å². The van der Waals surface area contributed by atoms with Gasteiger partial charge >= 0.3 is 0 Å². The molecule has 0 amide bonds. The van der Waals surface area contributed by atoms with E-state index in [2.05, 4.69) is 20.5 Å². The van der Waals surface area contributed by atoms with Crippen LogP contribution in [0.5, 0.6) is 0 Å². The Kier molecular flexibility index (Phi) is 2.38. The summed E-state index contributed by atoms with van der Waals surface area (Å²) in [6.45, 7) is 0. The Bertz CT molecular complexity index is 465. The average Bonchev–Trinajstić information content (AvgIpc) is 2.28. The second-order valence-electron chi connectivity index (χ2n) is 1.92. The van der Waals surface area contributed by atoms with Crippen LogP contribution in [0.2, 0.25) is 0 Å². The van der Waals surface area contributed by atoms with Gasteiger partial charge in [-0.15, -0.1) is 10.2 Å². The van der Waals surface area contributed by atoms with Crippen molar-refractivity contribution in [1.29, 1.82) is 0 Å². The van der Waals surface area contributed by atoms with Gasteiger partial charge in [0, 0.05) is 0 Å². The fraction of sp³-hybridized carbons (Fsp3) is 0.